The summed E-state index contributed by atoms with van der Waals surface area (Å²) in [6.07, 6.45) is 0. The lowest BCUT2D eigenvalue weighted by molar-refractivity contribution is -0.123. The monoisotopic (exact) mass is 337 g/mol. The first-order chi connectivity index (χ1) is 11.0. The Labute approximate surface area is 139 Å². The number of hydrogen-bond acceptors (Lipinski definition) is 3. The quantitative estimate of drug-likeness (QED) is 0.873. The van der Waals surface area contributed by atoms with Crippen LogP contribution in [0, 0.1) is 5.82 Å². The smallest absolute Gasteiger partial charge is 0.258 e. The molecule has 2 aromatic carbocycles. The van der Waals surface area contributed by atoms with Crippen molar-refractivity contribution in [2.45, 2.75) is 13.0 Å². The van der Waals surface area contributed by atoms with Crippen LogP contribution in [0.15, 0.2) is 42.5 Å². The molecule has 0 aliphatic rings. The maximum absolute atomic E-state index is 13.7. The molecule has 1 amide bonds. The first-order valence-corrected chi connectivity index (χ1v) is 7.39. The zero-order valence-electron chi connectivity index (χ0n) is 12.8. The Hall–Kier alpha value is -2.27. The Balaban J connectivity index is 1.92. The summed E-state index contributed by atoms with van der Waals surface area (Å²) in [6, 6.07) is 11.1. The third kappa shape index (κ3) is 4.60. The van der Waals surface area contributed by atoms with Crippen molar-refractivity contribution in [2.75, 3.05) is 13.7 Å². The molecule has 6 heteroatoms. The third-order valence-electron chi connectivity index (χ3n) is 3.25. The van der Waals surface area contributed by atoms with Gasteiger partial charge in [-0.25, -0.2) is 4.39 Å². The fraction of sp³-hybridized carbons (Fsp3) is 0.235. The summed E-state index contributed by atoms with van der Waals surface area (Å²) in [5, 5.41) is 3.17. The maximum atomic E-state index is 13.7. The fourth-order valence-corrected chi connectivity index (χ4v) is 2.21. The molecule has 2 rings (SSSR count). The average molecular weight is 338 g/mol. The molecule has 1 N–H and O–H groups in total. The summed E-state index contributed by atoms with van der Waals surface area (Å²) >= 11 is 5.95. The van der Waals surface area contributed by atoms with E-state index in [9.17, 15) is 9.18 Å². The lowest BCUT2D eigenvalue weighted by Crippen LogP contribution is -2.31. The second-order valence-corrected chi connectivity index (χ2v) is 5.31. The number of hydrogen-bond donors (Lipinski definition) is 1. The normalized spacial score (nSPS) is 11.7. The molecule has 4 nitrogen and oxygen atoms in total. The molecule has 0 saturated heterocycles. The van der Waals surface area contributed by atoms with Crippen LogP contribution >= 0.6 is 11.6 Å². The van der Waals surface area contributed by atoms with Crippen LogP contribution in [-0.2, 0) is 4.79 Å². The molecule has 1 atom stereocenters. The van der Waals surface area contributed by atoms with Crippen LogP contribution in [0.2, 0.25) is 5.02 Å². The largest absolute Gasteiger partial charge is 0.494 e. The number of nitrogens with one attached hydrogen (secondary N) is 1. The number of carbonyl (C=O) groups is 1. The first-order valence-electron chi connectivity index (χ1n) is 7.01. The predicted octanol–water partition coefficient (Wildman–Crippen LogP) is 3.74. The van der Waals surface area contributed by atoms with E-state index in [0.717, 1.165) is 0 Å². The lowest BCUT2D eigenvalue weighted by Gasteiger charge is -2.15. The number of ether oxygens (including phenoxy) is 2. The van der Waals surface area contributed by atoms with Gasteiger partial charge >= 0.3 is 0 Å². The number of methoxy groups -OCH3 is 1. The minimum Gasteiger partial charge on any atom is -0.494 e. The van der Waals surface area contributed by atoms with E-state index in [1.54, 1.807) is 37.3 Å². The number of amides is 1. The molecule has 0 fully saturated rings. The van der Waals surface area contributed by atoms with Gasteiger partial charge in [0.05, 0.1) is 18.2 Å². The number of rotatable bonds is 6. The molecule has 0 aliphatic heterocycles. The first kappa shape index (κ1) is 17.1. The van der Waals surface area contributed by atoms with Gasteiger partial charge in [-0.15, -0.1) is 0 Å². The molecule has 0 spiro atoms. The molecule has 1 unspecified atom stereocenters. The van der Waals surface area contributed by atoms with Gasteiger partial charge in [-0.3, -0.25) is 4.79 Å². The topological polar surface area (TPSA) is 47.6 Å². The van der Waals surface area contributed by atoms with Crippen molar-refractivity contribution in [2.24, 2.45) is 0 Å². The second kappa shape index (κ2) is 7.83. The van der Waals surface area contributed by atoms with Crippen molar-refractivity contribution < 1.29 is 18.7 Å². The van der Waals surface area contributed by atoms with E-state index >= 15 is 0 Å². The van der Waals surface area contributed by atoms with Gasteiger partial charge in [-0.05, 0) is 36.8 Å². The Bertz CT molecular complexity index is 693. The Morgan fingerprint density at radius 3 is 2.65 bits per heavy atom. The Morgan fingerprint density at radius 2 is 2.00 bits per heavy atom. The summed E-state index contributed by atoms with van der Waals surface area (Å²) < 4.78 is 23.9. The summed E-state index contributed by atoms with van der Waals surface area (Å²) in [7, 11) is 1.40. The summed E-state index contributed by atoms with van der Waals surface area (Å²) in [6.45, 7) is 1.58. The second-order valence-electron chi connectivity index (χ2n) is 4.90. The molecule has 0 aliphatic carbocycles. The zero-order chi connectivity index (χ0) is 16.8. The van der Waals surface area contributed by atoms with Gasteiger partial charge in [0.1, 0.15) is 5.75 Å². The van der Waals surface area contributed by atoms with Gasteiger partial charge in [-0.2, -0.15) is 0 Å². The highest BCUT2D eigenvalue weighted by Crippen LogP contribution is 2.23. The van der Waals surface area contributed by atoms with E-state index in [0.29, 0.717) is 16.3 Å². The summed E-state index contributed by atoms with van der Waals surface area (Å²) in [5.74, 6) is -0.200. The molecule has 0 radical (unpaired) electrons. The van der Waals surface area contributed by atoms with Gasteiger partial charge < -0.3 is 14.8 Å². The van der Waals surface area contributed by atoms with Crippen molar-refractivity contribution in [1.82, 2.24) is 5.32 Å². The van der Waals surface area contributed by atoms with Gasteiger partial charge in [0.15, 0.2) is 18.2 Å². The van der Waals surface area contributed by atoms with Crippen molar-refractivity contribution in [3.8, 4) is 11.5 Å². The van der Waals surface area contributed by atoms with Crippen LogP contribution in [0.5, 0.6) is 11.5 Å². The lowest BCUT2D eigenvalue weighted by atomic mass is 10.1. The third-order valence-corrected chi connectivity index (χ3v) is 3.56. The van der Waals surface area contributed by atoms with E-state index in [-0.39, 0.29) is 24.3 Å². The average Bonchev–Trinajstić information content (AvgIpc) is 2.54. The molecule has 0 aromatic heterocycles. The summed E-state index contributed by atoms with van der Waals surface area (Å²) in [4.78, 5) is 11.9. The number of halogens is 2. The van der Waals surface area contributed by atoms with Gasteiger partial charge in [-0.1, -0.05) is 29.8 Å². The van der Waals surface area contributed by atoms with Crippen molar-refractivity contribution >= 4 is 17.5 Å². The van der Waals surface area contributed by atoms with Crippen LogP contribution in [0.3, 0.4) is 0 Å². The van der Waals surface area contributed by atoms with Crippen molar-refractivity contribution in [3.05, 3.63) is 58.9 Å². The molecule has 2 aromatic rings. The minimum atomic E-state index is -0.474. The molecule has 0 heterocycles. The van der Waals surface area contributed by atoms with Crippen molar-refractivity contribution in [1.29, 1.82) is 0 Å². The van der Waals surface area contributed by atoms with Gasteiger partial charge in [0.25, 0.3) is 5.91 Å². The maximum Gasteiger partial charge on any atom is 0.258 e. The van der Waals surface area contributed by atoms with Crippen LogP contribution in [0.4, 0.5) is 4.39 Å². The Kier molecular flexibility index (Phi) is 5.82. The zero-order valence-corrected chi connectivity index (χ0v) is 13.6. The van der Waals surface area contributed by atoms with Crippen molar-refractivity contribution in [3.63, 3.8) is 0 Å². The highest BCUT2D eigenvalue weighted by Gasteiger charge is 2.13. The van der Waals surface area contributed by atoms with Crippen LogP contribution in [0.25, 0.3) is 0 Å². The Morgan fingerprint density at radius 1 is 1.26 bits per heavy atom. The highest BCUT2D eigenvalue weighted by molar-refractivity contribution is 6.32. The number of carbonyl (C=O) groups excluding carboxylic acids is 1. The minimum absolute atomic E-state index is 0.161. The molecular formula is C17H17ClFNO3. The molecule has 23 heavy (non-hydrogen) atoms. The highest BCUT2D eigenvalue weighted by atomic mass is 35.5. The summed E-state index contributed by atoms with van der Waals surface area (Å²) in [5.41, 5.74) is 0.634. The molecule has 122 valence electrons. The fourth-order valence-electron chi connectivity index (χ4n) is 2.02. The van der Waals surface area contributed by atoms with Gasteiger partial charge in [0, 0.05) is 0 Å². The van der Waals surface area contributed by atoms with E-state index in [1.807, 2.05) is 0 Å². The molecule has 0 saturated carbocycles. The van der Waals surface area contributed by atoms with E-state index < -0.39 is 5.82 Å². The van der Waals surface area contributed by atoms with E-state index in [4.69, 9.17) is 21.1 Å². The van der Waals surface area contributed by atoms with E-state index in [2.05, 4.69) is 5.32 Å². The number of para-hydroxylation sites is 1. The number of benzene rings is 2. The predicted molar refractivity (Wildman–Crippen MR) is 86.5 cm³/mol. The standard InChI is InChI=1S/C17H17ClFNO3/c1-11(12-7-8-16(22-2)14(19)9-12)20-17(21)10-23-15-6-4-3-5-13(15)18/h3-9,11H,10H2,1-2H3,(H,20,21). The molecular weight excluding hydrogens is 321 g/mol. The van der Waals surface area contributed by atoms with Crippen LogP contribution < -0.4 is 14.8 Å². The van der Waals surface area contributed by atoms with Crippen LogP contribution in [-0.4, -0.2) is 19.6 Å². The van der Waals surface area contributed by atoms with E-state index in [1.165, 1.54) is 19.2 Å². The van der Waals surface area contributed by atoms with Gasteiger partial charge in [0.2, 0.25) is 0 Å². The SMILES string of the molecule is COc1ccc(C(C)NC(=O)COc2ccccc2Cl)cc1F. The van der Waals surface area contributed by atoms with Crippen LogP contribution in [0.1, 0.15) is 18.5 Å². The molecule has 0 bridgehead atoms.